The molecule has 0 aliphatic carbocycles. The Hall–Kier alpha value is -3.07. The monoisotopic (exact) mass is 472 g/mol. The van der Waals surface area contributed by atoms with Crippen LogP contribution in [0.4, 0.5) is 4.39 Å². The molecule has 31 heavy (non-hydrogen) atoms. The average Bonchev–Trinajstić information content (AvgIpc) is 3.41. The summed E-state index contributed by atoms with van der Waals surface area (Å²) in [5, 5.41) is 13.7. The zero-order valence-electron chi connectivity index (χ0n) is 15.6. The van der Waals surface area contributed by atoms with E-state index in [2.05, 4.69) is 15.3 Å². The summed E-state index contributed by atoms with van der Waals surface area (Å²) in [6.45, 7) is 0. The first kappa shape index (κ1) is 19.9. The minimum absolute atomic E-state index is 0.00507. The van der Waals surface area contributed by atoms with Gasteiger partial charge in [0.2, 0.25) is 4.96 Å². The van der Waals surface area contributed by atoms with E-state index < -0.39 is 5.82 Å². The molecule has 0 bridgehead atoms. The van der Waals surface area contributed by atoms with E-state index in [1.54, 1.807) is 30.3 Å². The van der Waals surface area contributed by atoms with Crippen molar-refractivity contribution in [1.29, 1.82) is 0 Å². The Morgan fingerprint density at radius 3 is 2.55 bits per heavy atom. The molecule has 0 amide bonds. The van der Waals surface area contributed by atoms with Crippen molar-refractivity contribution in [3.05, 3.63) is 92.1 Å². The molecule has 5 rings (SSSR count). The normalized spacial score (nSPS) is 11.3. The third-order valence-corrected chi connectivity index (χ3v) is 6.02. The number of halogens is 3. The van der Waals surface area contributed by atoms with Crippen molar-refractivity contribution >= 4 is 39.5 Å². The van der Waals surface area contributed by atoms with Crippen LogP contribution in [0.2, 0.25) is 10.0 Å². The van der Waals surface area contributed by atoms with Crippen molar-refractivity contribution in [2.75, 3.05) is 0 Å². The summed E-state index contributed by atoms with van der Waals surface area (Å²) in [7, 11) is 0. The van der Waals surface area contributed by atoms with Crippen molar-refractivity contribution in [3.63, 3.8) is 0 Å². The standard InChI is InChI=1S/C21H11Cl2FN4O2S/c22-13-4-1-11(2-5-13)9-16-20(29)28-21(26-25-16)31-19(27-28)18-8-7-17(30-18)12-3-6-15(24)14(23)10-12/h1-8,10H,9H2. The molecule has 0 atom stereocenters. The van der Waals surface area contributed by atoms with Crippen LogP contribution in [0.15, 0.2) is 63.8 Å². The largest absolute Gasteiger partial charge is 0.454 e. The molecule has 3 heterocycles. The van der Waals surface area contributed by atoms with E-state index in [1.165, 1.54) is 28.0 Å². The second-order valence-electron chi connectivity index (χ2n) is 6.65. The van der Waals surface area contributed by atoms with Crippen LogP contribution in [0, 0.1) is 5.82 Å². The molecule has 0 N–H and O–H groups in total. The highest BCUT2D eigenvalue weighted by Crippen LogP contribution is 2.32. The number of hydrogen-bond donors (Lipinski definition) is 0. The average molecular weight is 473 g/mol. The van der Waals surface area contributed by atoms with E-state index in [9.17, 15) is 9.18 Å². The summed E-state index contributed by atoms with van der Waals surface area (Å²) in [6.07, 6.45) is 0.315. The molecule has 6 nitrogen and oxygen atoms in total. The molecule has 0 saturated heterocycles. The summed E-state index contributed by atoms with van der Waals surface area (Å²) in [5.74, 6) is 0.443. The topological polar surface area (TPSA) is 73.3 Å². The first-order valence-corrected chi connectivity index (χ1v) is 10.6. The lowest BCUT2D eigenvalue weighted by Gasteiger charge is -2.00. The molecule has 0 spiro atoms. The number of rotatable bonds is 4. The van der Waals surface area contributed by atoms with Crippen molar-refractivity contribution < 1.29 is 8.81 Å². The maximum absolute atomic E-state index is 13.4. The van der Waals surface area contributed by atoms with Gasteiger partial charge in [0.25, 0.3) is 5.56 Å². The van der Waals surface area contributed by atoms with Gasteiger partial charge >= 0.3 is 0 Å². The predicted octanol–water partition coefficient (Wildman–Crippen LogP) is 5.51. The maximum Gasteiger partial charge on any atom is 0.297 e. The lowest BCUT2D eigenvalue weighted by Crippen LogP contribution is -2.22. The van der Waals surface area contributed by atoms with E-state index in [1.807, 2.05) is 12.1 Å². The fourth-order valence-corrected chi connectivity index (χ4v) is 4.11. The number of nitrogens with zero attached hydrogens (tertiary/aromatic N) is 4. The van der Waals surface area contributed by atoms with Gasteiger partial charge in [0.1, 0.15) is 17.3 Å². The number of fused-ring (bicyclic) bond motifs is 1. The molecular weight excluding hydrogens is 462 g/mol. The van der Waals surface area contributed by atoms with Crippen LogP contribution < -0.4 is 5.56 Å². The fourth-order valence-electron chi connectivity index (χ4n) is 3.01. The van der Waals surface area contributed by atoms with Crippen LogP contribution in [0.1, 0.15) is 11.3 Å². The van der Waals surface area contributed by atoms with E-state index in [0.29, 0.717) is 38.5 Å². The highest BCUT2D eigenvalue weighted by Gasteiger charge is 2.16. The minimum Gasteiger partial charge on any atom is -0.454 e. The molecule has 3 aromatic heterocycles. The zero-order chi connectivity index (χ0) is 21.5. The van der Waals surface area contributed by atoms with E-state index >= 15 is 0 Å². The Labute approximate surface area is 188 Å². The molecule has 0 unspecified atom stereocenters. The highest BCUT2D eigenvalue weighted by molar-refractivity contribution is 7.19. The summed E-state index contributed by atoms with van der Waals surface area (Å²) in [4.78, 5) is 13.2. The van der Waals surface area contributed by atoms with Crippen LogP contribution in [0.5, 0.6) is 0 Å². The summed E-state index contributed by atoms with van der Waals surface area (Å²) in [6, 6.07) is 14.9. The van der Waals surface area contributed by atoms with Gasteiger partial charge in [-0.1, -0.05) is 46.7 Å². The van der Waals surface area contributed by atoms with Crippen molar-refractivity contribution in [2.24, 2.45) is 0 Å². The van der Waals surface area contributed by atoms with E-state index in [0.717, 1.165) is 5.56 Å². The number of aromatic nitrogens is 4. The molecule has 0 fully saturated rings. The van der Waals surface area contributed by atoms with Crippen molar-refractivity contribution in [3.8, 4) is 22.1 Å². The molecule has 5 aromatic rings. The Bertz CT molecular complexity index is 1480. The van der Waals surface area contributed by atoms with Gasteiger partial charge in [-0.3, -0.25) is 4.79 Å². The van der Waals surface area contributed by atoms with Gasteiger partial charge in [-0.25, -0.2) is 4.39 Å². The van der Waals surface area contributed by atoms with Gasteiger partial charge in [0.15, 0.2) is 10.8 Å². The maximum atomic E-state index is 13.4. The molecule has 0 radical (unpaired) electrons. The summed E-state index contributed by atoms with van der Waals surface area (Å²) < 4.78 is 20.5. The van der Waals surface area contributed by atoms with Crippen LogP contribution in [0.25, 0.3) is 27.1 Å². The van der Waals surface area contributed by atoms with Gasteiger partial charge in [-0.05, 0) is 48.0 Å². The molecule has 0 saturated carbocycles. The number of hydrogen-bond acceptors (Lipinski definition) is 6. The lowest BCUT2D eigenvalue weighted by atomic mass is 10.1. The molecule has 0 aliphatic rings. The van der Waals surface area contributed by atoms with E-state index in [4.69, 9.17) is 27.6 Å². The van der Waals surface area contributed by atoms with E-state index in [-0.39, 0.29) is 16.3 Å². The third-order valence-electron chi connectivity index (χ3n) is 4.56. The van der Waals surface area contributed by atoms with Crippen LogP contribution >= 0.6 is 34.5 Å². The molecule has 2 aromatic carbocycles. The van der Waals surface area contributed by atoms with Gasteiger partial charge in [-0.2, -0.15) is 4.52 Å². The third kappa shape index (κ3) is 3.85. The van der Waals surface area contributed by atoms with Gasteiger partial charge in [-0.15, -0.1) is 15.3 Å². The Balaban J connectivity index is 1.48. The zero-order valence-corrected chi connectivity index (χ0v) is 17.9. The minimum atomic E-state index is -0.504. The summed E-state index contributed by atoms with van der Waals surface area (Å²) >= 11 is 12.9. The Morgan fingerprint density at radius 1 is 1.00 bits per heavy atom. The van der Waals surface area contributed by atoms with Crippen LogP contribution in [0.3, 0.4) is 0 Å². The second kappa shape index (κ2) is 7.88. The first-order chi connectivity index (χ1) is 15.0. The predicted molar refractivity (Wildman–Crippen MR) is 117 cm³/mol. The van der Waals surface area contributed by atoms with Crippen LogP contribution in [-0.2, 0) is 6.42 Å². The molecular formula is C21H11Cl2FN4O2S. The first-order valence-electron chi connectivity index (χ1n) is 9.03. The second-order valence-corrected chi connectivity index (χ2v) is 8.45. The van der Waals surface area contributed by atoms with Crippen molar-refractivity contribution in [2.45, 2.75) is 6.42 Å². The molecule has 0 aliphatic heterocycles. The SMILES string of the molecule is O=c1c(Cc2ccc(Cl)cc2)nnc2sc(-c3ccc(-c4ccc(F)c(Cl)c4)o3)nn12. The Kier molecular flexibility index (Phi) is 5.05. The Morgan fingerprint density at radius 2 is 1.77 bits per heavy atom. The van der Waals surface area contributed by atoms with Gasteiger partial charge in [0, 0.05) is 17.0 Å². The summed E-state index contributed by atoms with van der Waals surface area (Å²) in [5.41, 5.74) is 1.44. The smallest absolute Gasteiger partial charge is 0.297 e. The van der Waals surface area contributed by atoms with Crippen molar-refractivity contribution in [1.82, 2.24) is 19.8 Å². The molecule has 10 heteroatoms. The lowest BCUT2D eigenvalue weighted by molar-refractivity contribution is 0.594. The quantitative estimate of drug-likeness (QED) is 0.344. The number of benzene rings is 2. The van der Waals surface area contributed by atoms with Crippen LogP contribution in [-0.4, -0.2) is 19.8 Å². The van der Waals surface area contributed by atoms with Gasteiger partial charge in [0.05, 0.1) is 5.02 Å². The number of furan rings is 1. The highest BCUT2D eigenvalue weighted by atomic mass is 35.5. The fraction of sp³-hybridized carbons (Fsp3) is 0.0476. The molecule has 154 valence electrons. The van der Waals surface area contributed by atoms with Gasteiger partial charge < -0.3 is 4.42 Å².